The molecular weight excluding hydrogens is 338 g/mol. The number of methoxy groups -OCH3 is 1. The lowest BCUT2D eigenvalue weighted by atomic mass is 10.1. The lowest BCUT2D eigenvalue weighted by molar-refractivity contribution is -0.123. The molecule has 0 aliphatic heterocycles. The molecule has 0 saturated heterocycles. The van der Waals surface area contributed by atoms with E-state index in [0.717, 1.165) is 11.1 Å². The van der Waals surface area contributed by atoms with Crippen molar-refractivity contribution in [2.45, 2.75) is 26.8 Å². The van der Waals surface area contributed by atoms with E-state index in [-0.39, 0.29) is 18.6 Å². The van der Waals surface area contributed by atoms with Gasteiger partial charge in [-0.25, -0.2) is 0 Å². The van der Waals surface area contributed by atoms with Crippen molar-refractivity contribution in [2.24, 2.45) is 0 Å². The highest BCUT2D eigenvalue weighted by molar-refractivity contribution is 7.80. The van der Waals surface area contributed by atoms with Gasteiger partial charge in [0.15, 0.2) is 11.7 Å². The van der Waals surface area contributed by atoms with Gasteiger partial charge >= 0.3 is 0 Å². The van der Waals surface area contributed by atoms with Gasteiger partial charge < -0.3 is 14.8 Å². The van der Waals surface area contributed by atoms with E-state index in [1.54, 1.807) is 19.2 Å². The van der Waals surface area contributed by atoms with E-state index in [1.807, 2.05) is 20.8 Å². The summed E-state index contributed by atoms with van der Waals surface area (Å²) in [5.74, 6) is 0.307. The normalized spacial score (nSPS) is 11.5. The first kappa shape index (κ1) is 19.5. The SMILES string of the molecule is COC[C@H](C)NC(=S)NNC(=O)COc1c(C)cc(Cl)cc1C. The van der Waals surface area contributed by atoms with Crippen LogP contribution in [-0.2, 0) is 9.53 Å². The average Bonchev–Trinajstić information content (AvgIpc) is 2.44. The van der Waals surface area contributed by atoms with Gasteiger partial charge in [-0.3, -0.25) is 15.6 Å². The molecule has 23 heavy (non-hydrogen) atoms. The Labute approximate surface area is 146 Å². The van der Waals surface area contributed by atoms with Crippen LogP contribution in [0.4, 0.5) is 0 Å². The largest absolute Gasteiger partial charge is 0.483 e. The zero-order valence-electron chi connectivity index (χ0n) is 13.7. The van der Waals surface area contributed by atoms with Crippen molar-refractivity contribution in [1.29, 1.82) is 0 Å². The number of carbonyl (C=O) groups excluding carboxylic acids is 1. The van der Waals surface area contributed by atoms with Crippen molar-refractivity contribution in [1.82, 2.24) is 16.2 Å². The molecule has 0 aromatic heterocycles. The molecule has 6 nitrogen and oxygen atoms in total. The zero-order valence-corrected chi connectivity index (χ0v) is 15.2. The number of hydrazine groups is 1. The van der Waals surface area contributed by atoms with E-state index >= 15 is 0 Å². The molecule has 1 amide bonds. The maximum Gasteiger partial charge on any atom is 0.276 e. The van der Waals surface area contributed by atoms with Crippen molar-refractivity contribution in [3.63, 3.8) is 0 Å². The van der Waals surface area contributed by atoms with Crippen LogP contribution in [0.25, 0.3) is 0 Å². The third-order valence-corrected chi connectivity index (χ3v) is 3.32. The summed E-state index contributed by atoms with van der Waals surface area (Å²) < 4.78 is 10.5. The van der Waals surface area contributed by atoms with Crippen LogP contribution in [0.3, 0.4) is 0 Å². The fraction of sp³-hybridized carbons (Fsp3) is 0.467. The molecule has 0 unspecified atom stereocenters. The summed E-state index contributed by atoms with van der Waals surface area (Å²) in [6.07, 6.45) is 0. The summed E-state index contributed by atoms with van der Waals surface area (Å²) in [5.41, 5.74) is 6.83. The summed E-state index contributed by atoms with van der Waals surface area (Å²) in [5, 5.41) is 3.91. The van der Waals surface area contributed by atoms with Crippen LogP contribution in [0.5, 0.6) is 5.75 Å². The molecule has 128 valence electrons. The Hall–Kier alpha value is -1.57. The average molecular weight is 360 g/mol. The molecule has 1 aromatic carbocycles. The number of amides is 1. The number of nitrogens with one attached hydrogen (secondary N) is 3. The maximum atomic E-state index is 11.8. The molecule has 1 rings (SSSR count). The van der Waals surface area contributed by atoms with E-state index in [1.165, 1.54) is 0 Å². The topological polar surface area (TPSA) is 71.6 Å². The van der Waals surface area contributed by atoms with Gasteiger partial charge in [-0.15, -0.1) is 0 Å². The van der Waals surface area contributed by atoms with E-state index < -0.39 is 0 Å². The van der Waals surface area contributed by atoms with Gasteiger partial charge in [0.2, 0.25) is 0 Å². The van der Waals surface area contributed by atoms with Crippen molar-refractivity contribution in [3.8, 4) is 5.75 Å². The number of hydrogen-bond acceptors (Lipinski definition) is 4. The molecule has 1 aromatic rings. The summed E-state index contributed by atoms with van der Waals surface area (Å²) in [7, 11) is 1.61. The monoisotopic (exact) mass is 359 g/mol. The van der Waals surface area contributed by atoms with E-state index in [4.69, 9.17) is 33.3 Å². The first-order chi connectivity index (χ1) is 10.8. The first-order valence-electron chi connectivity index (χ1n) is 7.07. The minimum Gasteiger partial charge on any atom is -0.483 e. The molecule has 0 radical (unpaired) electrons. The second-order valence-corrected chi connectivity index (χ2v) is 6.01. The minimum atomic E-state index is -0.345. The predicted octanol–water partition coefficient (Wildman–Crippen LogP) is 1.87. The highest BCUT2D eigenvalue weighted by Gasteiger charge is 2.09. The second kappa shape index (κ2) is 9.54. The number of ether oxygens (including phenoxy) is 2. The van der Waals surface area contributed by atoms with Crippen LogP contribution in [-0.4, -0.2) is 37.4 Å². The van der Waals surface area contributed by atoms with Gasteiger partial charge in [-0.2, -0.15) is 0 Å². The second-order valence-electron chi connectivity index (χ2n) is 5.16. The minimum absolute atomic E-state index is 0.0347. The Morgan fingerprint density at radius 3 is 2.48 bits per heavy atom. The zero-order chi connectivity index (χ0) is 17.4. The number of aryl methyl sites for hydroxylation is 2. The molecule has 0 heterocycles. The quantitative estimate of drug-likeness (QED) is 0.532. The van der Waals surface area contributed by atoms with E-state index in [0.29, 0.717) is 22.5 Å². The lowest BCUT2D eigenvalue weighted by Gasteiger charge is -2.17. The van der Waals surface area contributed by atoms with E-state index in [2.05, 4.69) is 16.2 Å². The molecule has 0 fully saturated rings. The van der Waals surface area contributed by atoms with Crippen molar-refractivity contribution >= 4 is 34.8 Å². The highest BCUT2D eigenvalue weighted by Crippen LogP contribution is 2.26. The van der Waals surface area contributed by atoms with Crippen LogP contribution in [0.1, 0.15) is 18.1 Å². The Morgan fingerprint density at radius 1 is 1.30 bits per heavy atom. The van der Waals surface area contributed by atoms with Crippen LogP contribution < -0.4 is 20.9 Å². The molecule has 1 atom stereocenters. The van der Waals surface area contributed by atoms with Crippen molar-refractivity contribution in [2.75, 3.05) is 20.3 Å². The molecule has 0 aliphatic carbocycles. The Morgan fingerprint density at radius 2 is 1.91 bits per heavy atom. The third kappa shape index (κ3) is 7.02. The number of rotatable bonds is 6. The van der Waals surface area contributed by atoms with Gasteiger partial charge in [-0.1, -0.05) is 11.6 Å². The van der Waals surface area contributed by atoms with Gasteiger partial charge in [0.25, 0.3) is 5.91 Å². The Kier molecular flexibility index (Phi) is 8.08. The summed E-state index contributed by atoms with van der Waals surface area (Å²) in [6.45, 7) is 6.04. The Bertz CT molecular complexity index is 546. The van der Waals surface area contributed by atoms with Gasteiger partial charge in [0.05, 0.1) is 6.61 Å². The molecule has 0 spiro atoms. The summed E-state index contributed by atoms with van der Waals surface area (Å²) in [6, 6.07) is 3.61. The van der Waals surface area contributed by atoms with Crippen molar-refractivity contribution < 1.29 is 14.3 Å². The summed E-state index contributed by atoms with van der Waals surface area (Å²) >= 11 is 11.0. The third-order valence-electron chi connectivity index (χ3n) is 2.88. The molecule has 0 aliphatic rings. The molecule has 0 saturated carbocycles. The molecule has 0 bridgehead atoms. The lowest BCUT2D eigenvalue weighted by Crippen LogP contribution is -2.50. The van der Waals surface area contributed by atoms with Crippen LogP contribution >= 0.6 is 23.8 Å². The fourth-order valence-electron chi connectivity index (χ4n) is 1.98. The molecular formula is C15H22ClN3O3S. The highest BCUT2D eigenvalue weighted by atomic mass is 35.5. The van der Waals surface area contributed by atoms with Gasteiger partial charge in [0, 0.05) is 18.2 Å². The van der Waals surface area contributed by atoms with E-state index in [9.17, 15) is 4.79 Å². The van der Waals surface area contributed by atoms with Gasteiger partial charge in [-0.05, 0) is 56.2 Å². The number of halogens is 1. The Balaban J connectivity index is 2.39. The van der Waals surface area contributed by atoms with Crippen LogP contribution in [0.2, 0.25) is 5.02 Å². The fourth-order valence-corrected chi connectivity index (χ4v) is 2.56. The number of hydrogen-bond donors (Lipinski definition) is 3. The van der Waals surface area contributed by atoms with Gasteiger partial charge in [0.1, 0.15) is 5.75 Å². The number of benzene rings is 1. The molecule has 8 heteroatoms. The maximum absolute atomic E-state index is 11.8. The smallest absolute Gasteiger partial charge is 0.276 e. The molecule has 3 N–H and O–H groups in total. The summed E-state index contributed by atoms with van der Waals surface area (Å²) in [4.78, 5) is 11.8. The standard InChI is InChI=1S/C15H22ClN3O3S/c1-9-5-12(16)6-10(2)14(9)22-8-13(20)18-19-15(23)17-11(3)7-21-4/h5-6,11H,7-8H2,1-4H3,(H,18,20)(H2,17,19,23)/t11-/m0/s1. The number of carbonyl (C=O) groups is 1. The van der Waals surface area contributed by atoms with Crippen LogP contribution in [0, 0.1) is 13.8 Å². The van der Waals surface area contributed by atoms with Crippen molar-refractivity contribution in [3.05, 3.63) is 28.3 Å². The number of thiocarbonyl (C=S) groups is 1. The predicted molar refractivity (Wildman–Crippen MR) is 94.8 cm³/mol. The first-order valence-corrected chi connectivity index (χ1v) is 7.86. The van der Waals surface area contributed by atoms with Crippen LogP contribution in [0.15, 0.2) is 12.1 Å².